The zero-order chi connectivity index (χ0) is 22.4. The smallest absolute Gasteiger partial charge is 0.275 e. The quantitative estimate of drug-likeness (QED) is 0.652. The van der Waals surface area contributed by atoms with Gasteiger partial charge in [-0.2, -0.15) is 0 Å². The van der Waals surface area contributed by atoms with Crippen LogP contribution in [0.3, 0.4) is 0 Å². The summed E-state index contributed by atoms with van der Waals surface area (Å²) in [4.78, 5) is 29.6. The van der Waals surface area contributed by atoms with Crippen LogP contribution in [0, 0.1) is 6.92 Å². The Kier molecular flexibility index (Phi) is 5.58. The molecule has 32 heavy (non-hydrogen) atoms. The van der Waals surface area contributed by atoms with Crippen molar-refractivity contribution in [3.05, 3.63) is 52.1 Å². The molecule has 1 saturated heterocycles. The van der Waals surface area contributed by atoms with Crippen LogP contribution >= 0.6 is 0 Å². The Morgan fingerprint density at radius 1 is 1.12 bits per heavy atom. The molecular weight excluding hydrogens is 400 g/mol. The summed E-state index contributed by atoms with van der Waals surface area (Å²) in [6.45, 7) is 8.17. The lowest BCUT2D eigenvalue weighted by molar-refractivity contribution is 0.0928. The van der Waals surface area contributed by atoms with Gasteiger partial charge in [0.2, 0.25) is 0 Å². The van der Waals surface area contributed by atoms with E-state index in [1.54, 1.807) is 0 Å². The third kappa shape index (κ3) is 3.45. The van der Waals surface area contributed by atoms with Gasteiger partial charge in [-0.25, -0.2) is 0 Å². The highest BCUT2D eigenvalue weighted by molar-refractivity contribution is 5.99. The van der Waals surface area contributed by atoms with Crippen molar-refractivity contribution in [1.82, 2.24) is 19.2 Å². The SMILES string of the molecule is Cc1c2ccccc2n2c(C(=O)NC[C@H]3CCCN3C(C)C)cn(C3CCCC3)c(=O)c12. The topological polar surface area (TPSA) is 58.8 Å². The van der Waals surface area contributed by atoms with Crippen LogP contribution in [0.25, 0.3) is 16.4 Å². The predicted molar refractivity (Wildman–Crippen MR) is 129 cm³/mol. The molecule has 1 saturated carbocycles. The zero-order valence-electron chi connectivity index (χ0n) is 19.4. The van der Waals surface area contributed by atoms with E-state index in [1.165, 1.54) is 6.42 Å². The maximum atomic E-state index is 13.6. The molecule has 3 aromatic rings. The summed E-state index contributed by atoms with van der Waals surface area (Å²) in [5, 5.41) is 4.24. The number of nitrogens with zero attached hydrogens (tertiary/aromatic N) is 3. The highest BCUT2D eigenvalue weighted by Gasteiger charge is 2.28. The highest BCUT2D eigenvalue weighted by atomic mass is 16.2. The Morgan fingerprint density at radius 2 is 1.88 bits per heavy atom. The normalized spacial score (nSPS) is 20.2. The van der Waals surface area contributed by atoms with E-state index in [0.717, 1.165) is 55.1 Å². The zero-order valence-corrected chi connectivity index (χ0v) is 19.4. The molecule has 1 aliphatic carbocycles. The summed E-state index contributed by atoms with van der Waals surface area (Å²) in [5.41, 5.74) is 3.09. The second kappa shape index (κ2) is 8.39. The van der Waals surface area contributed by atoms with E-state index in [4.69, 9.17) is 0 Å². The first-order valence-electron chi connectivity index (χ1n) is 12.2. The minimum Gasteiger partial charge on any atom is -0.349 e. The molecule has 170 valence electrons. The molecule has 0 unspecified atom stereocenters. The van der Waals surface area contributed by atoms with Crippen molar-refractivity contribution in [2.45, 2.75) is 77.4 Å². The number of hydrogen-bond donors (Lipinski definition) is 1. The maximum absolute atomic E-state index is 13.6. The number of likely N-dealkylation sites (tertiary alicyclic amines) is 1. The van der Waals surface area contributed by atoms with Crippen LogP contribution < -0.4 is 10.9 Å². The number of benzene rings is 1. The van der Waals surface area contributed by atoms with Crippen LogP contribution in [0.1, 0.15) is 74.5 Å². The van der Waals surface area contributed by atoms with Gasteiger partial charge in [0.05, 0.1) is 5.52 Å². The van der Waals surface area contributed by atoms with Crippen molar-refractivity contribution in [3.8, 4) is 0 Å². The number of rotatable bonds is 5. The number of carbonyl (C=O) groups excluding carboxylic acids is 1. The van der Waals surface area contributed by atoms with Crippen molar-refractivity contribution in [2.75, 3.05) is 13.1 Å². The molecule has 1 amide bonds. The number of carbonyl (C=O) groups is 1. The number of para-hydroxylation sites is 1. The minimum absolute atomic E-state index is 0.0175. The highest BCUT2D eigenvalue weighted by Crippen LogP contribution is 2.31. The second-order valence-corrected chi connectivity index (χ2v) is 9.83. The molecule has 1 atom stereocenters. The van der Waals surface area contributed by atoms with Crippen LogP contribution in [0.4, 0.5) is 0 Å². The molecule has 0 radical (unpaired) electrons. The van der Waals surface area contributed by atoms with Gasteiger partial charge in [0.15, 0.2) is 0 Å². The Morgan fingerprint density at radius 3 is 2.62 bits per heavy atom. The Balaban J connectivity index is 1.59. The van der Waals surface area contributed by atoms with Crippen molar-refractivity contribution < 1.29 is 4.79 Å². The van der Waals surface area contributed by atoms with Gasteiger partial charge in [0.25, 0.3) is 11.5 Å². The molecule has 0 spiro atoms. The van der Waals surface area contributed by atoms with Gasteiger partial charge in [-0.3, -0.25) is 18.9 Å². The van der Waals surface area contributed by atoms with E-state index >= 15 is 0 Å². The fourth-order valence-electron chi connectivity index (χ4n) is 5.95. The molecule has 2 aliphatic rings. The number of amides is 1. The molecule has 6 heteroatoms. The summed E-state index contributed by atoms with van der Waals surface area (Å²) in [5.74, 6) is -0.0990. The molecule has 6 nitrogen and oxygen atoms in total. The summed E-state index contributed by atoms with van der Waals surface area (Å²) in [7, 11) is 0. The summed E-state index contributed by atoms with van der Waals surface area (Å²) in [6.07, 6.45) is 8.39. The fraction of sp³-hybridized carbons (Fsp3) is 0.538. The van der Waals surface area contributed by atoms with Crippen LogP contribution in [0.2, 0.25) is 0 Å². The van der Waals surface area contributed by atoms with Crippen LogP contribution in [0.5, 0.6) is 0 Å². The lowest BCUT2D eigenvalue weighted by atomic mass is 10.2. The van der Waals surface area contributed by atoms with Crippen molar-refractivity contribution in [1.29, 1.82) is 0 Å². The van der Waals surface area contributed by atoms with Crippen molar-refractivity contribution >= 4 is 22.3 Å². The van der Waals surface area contributed by atoms with E-state index < -0.39 is 0 Å². The van der Waals surface area contributed by atoms with Gasteiger partial charge >= 0.3 is 0 Å². The first kappa shape index (κ1) is 21.3. The lowest BCUT2D eigenvalue weighted by Crippen LogP contribution is -2.43. The Bertz CT molecular complexity index is 1220. The van der Waals surface area contributed by atoms with Crippen LogP contribution in [0.15, 0.2) is 35.3 Å². The third-order valence-corrected chi connectivity index (χ3v) is 7.60. The van der Waals surface area contributed by atoms with E-state index in [0.29, 0.717) is 29.8 Å². The second-order valence-electron chi connectivity index (χ2n) is 9.83. The van der Waals surface area contributed by atoms with Gasteiger partial charge in [-0.1, -0.05) is 31.0 Å². The first-order valence-corrected chi connectivity index (χ1v) is 12.2. The monoisotopic (exact) mass is 434 g/mol. The van der Waals surface area contributed by atoms with Crippen molar-refractivity contribution in [2.24, 2.45) is 0 Å². The Labute approximate surface area is 189 Å². The molecule has 3 heterocycles. The van der Waals surface area contributed by atoms with Gasteiger partial charge in [-0.05, 0) is 64.6 Å². The number of hydrogen-bond acceptors (Lipinski definition) is 3. The average molecular weight is 435 g/mol. The fourth-order valence-corrected chi connectivity index (χ4v) is 5.95. The van der Waals surface area contributed by atoms with E-state index in [9.17, 15) is 9.59 Å². The minimum atomic E-state index is -0.0990. The van der Waals surface area contributed by atoms with Crippen LogP contribution in [-0.4, -0.2) is 44.9 Å². The maximum Gasteiger partial charge on any atom is 0.275 e. The largest absolute Gasteiger partial charge is 0.349 e. The number of aryl methyl sites for hydroxylation is 1. The van der Waals surface area contributed by atoms with Crippen molar-refractivity contribution in [3.63, 3.8) is 0 Å². The molecule has 2 fully saturated rings. The molecule has 5 rings (SSSR count). The van der Waals surface area contributed by atoms with E-state index in [2.05, 4.69) is 24.1 Å². The number of nitrogens with one attached hydrogen (secondary N) is 1. The number of aromatic nitrogens is 2. The summed E-state index contributed by atoms with van der Waals surface area (Å²) < 4.78 is 3.74. The van der Waals surface area contributed by atoms with E-state index in [1.807, 2.05) is 46.4 Å². The molecule has 1 aliphatic heterocycles. The standard InChI is InChI=1S/C26H34N4O2/c1-17(2)28-14-8-11-20(28)15-27-25(31)23-16-29(19-9-4-5-10-19)26(32)24-18(3)21-12-6-7-13-22(21)30(23)24/h6-7,12-13,16-17,19-20H,4-5,8-11,14-15H2,1-3H3,(H,27,31)/t20-/m1/s1. The average Bonchev–Trinajstić information content (AvgIpc) is 3.53. The lowest BCUT2D eigenvalue weighted by Gasteiger charge is -2.28. The molecule has 2 aromatic heterocycles. The predicted octanol–water partition coefficient (Wildman–Crippen LogP) is 4.28. The Hall–Kier alpha value is -2.60. The summed E-state index contributed by atoms with van der Waals surface area (Å²) in [6, 6.07) is 9.04. The molecule has 1 N–H and O–H groups in total. The first-order chi connectivity index (χ1) is 15.5. The van der Waals surface area contributed by atoms with Gasteiger partial charge in [-0.15, -0.1) is 0 Å². The molecular formula is C26H34N4O2. The number of fused-ring (bicyclic) bond motifs is 3. The van der Waals surface area contributed by atoms with Gasteiger partial charge < -0.3 is 9.88 Å². The molecule has 1 aromatic carbocycles. The van der Waals surface area contributed by atoms with Gasteiger partial charge in [0.1, 0.15) is 11.2 Å². The summed E-state index contributed by atoms with van der Waals surface area (Å²) >= 11 is 0. The molecule has 0 bridgehead atoms. The van der Waals surface area contributed by atoms with Gasteiger partial charge in [0, 0.05) is 36.3 Å². The van der Waals surface area contributed by atoms with E-state index in [-0.39, 0.29) is 17.5 Å². The third-order valence-electron chi connectivity index (χ3n) is 7.60. The van der Waals surface area contributed by atoms with Crippen LogP contribution in [-0.2, 0) is 0 Å².